The number of ketones is 2. The van der Waals surface area contributed by atoms with Gasteiger partial charge in [-0.15, -0.1) is 0 Å². The van der Waals surface area contributed by atoms with Crippen LogP contribution < -0.4 is 9.64 Å². The highest BCUT2D eigenvalue weighted by molar-refractivity contribution is 6.26. The summed E-state index contributed by atoms with van der Waals surface area (Å²) in [4.78, 5) is 45.0. The number of methoxy groups -OCH3 is 1. The molecule has 1 aromatic rings. The molecule has 37 heavy (non-hydrogen) atoms. The van der Waals surface area contributed by atoms with Crippen molar-refractivity contribution in [1.29, 1.82) is 0 Å². The Morgan fingerprint density at radius 3 is 1.89 bits per heavy atom. The van der Waals surface area contributed by atoms with E-state index in [1.54, 1.807) is 7.11 Å². The smallest absolute Gasteiger partial charge is 0.248 e. The van der Waals surface area contributed by atoms with Crippen LogP contribution in [0, 0.1) is 10.8 Å². The molecule has 5 aliphatic rings. The van der Waals surface area contributed by atoms with E-state index in [0.717, 1.165) is 16.8 Å². The summed E-state index contributed by atoms with van der Waals surface area (Å²) in [6, 6.07) is 3.81. The van der Waals surface area contributed by atoms with E-state index in [0.29, 0.717) is 59.7 Å². The zero-order valence-electron chi connectivity index (χ0n) is 23.0. The number of carbonyl (C=O) groups excluding carboxylic acids is 3. The van der Waals surface area contributed by atoms with E-state index >= 15 is 4.79 Å². The maximum absolute atomic E-state index is 15.0. The first-order chi connectivity index (χ1) is 17.1. The lowest BCUT2D eigenvalue weighted by Gasteiger charge is -2.47. The largest absolute Gasteiger partial charge is 0.497 e. The lowest BCUT2D eigenvalue weighted by atomic mass is 9.58. The number of hydrogen-bond donors (Lipinski definition) is 0. The Morgan fingerprint density at radius 1 is 0.838 bits per heavy atom. The van der Waals surface area contributed by atoms with Crippen LogP contribution in [0.1, 0.15) is 85.3 Å². The average molecular weight is 502 g/mol. The molecule has 6 heteroatoms. The van der Waals surface area contributed by atoms with Crippen LogP contribution in [0.3, 0.4) is 0 Å². The number of rotatable bonds is 1. The third-order valence-electron chi connectivity index (χ3n) is 8.71. The Morgan fingerprint density at radius 2 is 1.38 bits per heavy atom. The molecule has 6 nitrogen and oxygen atoms in total. The molecule has 0 saturated carbocycles. The summed E-state index contributed by atoms with van der Waals surface area (Å²) in [7, 11) is 1.60. The molecule has 0 unspecified atom stereocenters. The van der Waals surface area contributed by atoms with Crippen molar-refractivity contribution >= 4 is 28.7 Å². The molecule has 0 fully saturated rings. The molecule has 0 aromatic heterocycles. The van der Waals surface area contributed by atoms with Crippen molar-refractivity contribution in [3.63, 3.8) is 0 Å². The Kier molecular flexibility index (Phi) is 4.60. The number of benzene rings is 1. The van der Waals surface area contributed by atoms with Gasteiger partial charge in [-0.3, -0.25) is 14.4 Å². The molecule has 6 rings (SSSR count). The van der Waals surface area contributed by atoms with Gasteiger partial charge in [0.25, 0.3) is 0 Å². The minimum Gasteiger partial charge on any atom is -0.497 e. The standard InChI is InChI=1S/C31H35NO5/c1-16-11-30(6,7)32-26-18(16)9-17(36-8)10-19(26)31(27(32)35)24-20(33)12-28(2,3)14-22(24)37-23-15-29(4,5)13-21(34)25(23)31/h9-11H,12-15H2,1-8H3. The Balaban J connectivity index is 1.78. The molecule has 0 radical (unpaired) electrons. The maximum atomic E-state index is 15.0. The fourth-order valence-corrected chi connectivity index (χ4v) is 7.46. The summed E-state index contributed by atoms with van der Waals surface area (Å²) in [5.41, 5.74) is 1.27. The van der Waals surface area contributed by atoms with Crippen LogP contribution >= 0.6 is 0 Å². The van der Waals surface area contributed by atoms with Crippen molar-refractivity contribution in [2.24, 2.45) is 10.8 Å². The van der Waals surface area contributed by atoms with Crippen molar-refractivity contribution in [1.82, 2.24) is 0 Å². The fraction of sp³-hybridized carbons (Fsp3) is 0.516. The molecule has 0 bridgehead atoms. The summed E-state index contributed by atoms with van der Waals surface area (Å²) in [6.07, 6.45) is 3.72. The van der Waals surface area contributed by atoms with Crippen LogP contribution in [0.4, 0.5) is 5.69 Å². The summed E-state index contributed by atoms with van der Waals surface area (Å²) in [5, 5.41) is 0. The van der Waals surface area contributed by atoms with Gasteiger partial charge >= 0.3 is 0 Å². The minimum absolute atomic E-state index is 0.123. The highest BCUT2D eigenvalue weighted by atomic mass is 16.5. The average Bonchev–Trinajstić information content (AvgIpc) is 2.98. The molecule has 0 N–H and O–H groups in total. The summed E-state index contributed by atoms with van der Waals surface area (Å²) in [6.45, 7) is 14.2. The number of fused-ring (bicyclic) bond motifs is 3. The van der Waals surface area contributed by atoms with E-state index < -0.39 is 11.0 Å². The molecule has 0 atom stereocenters. The van der Waals surface area contributed by atoms with E-state index in [1.807, 2.05) is 65.5 Å². The molecular formula is C31H35NO5. The second-order valence-electron chi connectivity index (χ2n) is 13.5. The first kappa shape index (κ1) is 24.2. The first-order valence-electron chi connectivity index (χ1n) is 13.1. The number of carbonyl (C=O) groups is 3. The number of amides is 1. The molecule has 1 aromatic carbocycles. The van der Waals surface area contributed by atoms with Crippen molar-refractivity contribution in [3.8, 4) is 5.75 Å². The van der Waals surface area contributed by atoms with Crippen LogP contribution in [0.5, 0.6) is 5.75 Å². The van der Waals surface area contributed by atoms with Crippen LogP contribution in [0.25, 0.3) is 5.57 Å². The topological polar surface area (TPSA) is 72.9 Å². The molecule has 1 spiro atoms. The van der Waals surface area contributed by atoms with Crippen molar-refractivity contribution in [2.45, 2.75) is 85.1 Å². The molecule has 2 aliphatic carbocycles. The van der Waals surface area contributed by atoms with Crippen molar-refractivity contribution in [3.05, 3.63) is 52.0 Å². The summed E-state index contributed by atoms with van der Waals surface area (Å²) < 4.78 is 12.2. The Hall–Kier alpha value is -3.15. The second kappa shape index (κ2) is 7.03. The predicted octanol–water partition coefficient (Wildman–Crippen LogP) is 5.79. The van der Waals surface area contributed by atoms with Gasteiger partial charge in [-0.1, -0.05) is 33.8 Å². The lowest BCUT2D eigenvalue weighted by Crippen LogP contribution is -2.56. The van der Waals surface area contributed by atoms with Gasteiger partial charge in [-0.2, -0.15) is 0 Å². The minimum atomic E-state index is -1.53. The summed E-state index contributed by atoms with van der Waals surface area (Å²) >= 11 is 0. The quantitative estimate of drug-likeness (QED) is 0.487. The third-order valence-corrected chi connectivity index (χ3v) is 8.71. The molecular weight excluding hydrogens is 466 g/mol. The van der Waals surface area contributed by atoms with E-state index in [2.05, 4.69) is 6.08 Å². The van der Waals surface area contributed by atoms with Crippen LogP contribution in [0.2, 0.25) is 0 Å². The van der Waals surface area contributed by atoms with Gasteiger partial charge in [0.2, 0.25) is 5.91 Å². The molecule has 1 amide bonds. The van der Waals surface area contributed by atoms with E-state index in [9.17, 15) is 9.59 Å². The number of allylic oxidation sites excluding steroid dienone is 3. The fourth-order valence-electron chi connectivity index (χ4n) is 7.46. The SMILES string of the molecule is COc1cc2c3c(c1)C1(C(=O)N3C(C)(C)C=C2C)C2=C(CC(C)(C)CC2=O)OC2=C1C(=O)CC(C)(C)C2. The predicted molar refractivity (Wildman–Crippen MR) is 141 cm³/mol. The molecule has 0 saturated heterocycles. The summed E-state index contributed by atoms with van der Waals surface area (Å²) in [5.74, 6) is 1.19. The van der Waals surface area contributed by atoms with E-state index in [4.69, 9.17) is 9.47 Å². The van der Waals surface area contributed by atoms with Crippen LogP contribution in [0.15, 0.2) is 40.9 Å². The number of hydrogen-bond acceptors (Lipinski definition) is 5. The highest BCUT2D eigenvalue weighted by Crippen LogP contribution is 2.64. The maximum Gasteiger partial charge on any atom is 0.248 e. The zero-order valence-corrected chi connectivity index (χ0v) is 23.0. The van der Waals surface area contributed by atoms with Gasteiger partial charge in [-0.25, -0.2) is 0 Å². The second-order valence-corrected chi connectivity index (χ2v) is 13.5. The van der Waals surface area contributed by atoms with Crippen molar-refractivity contribution in [2.75, 3.05) is 12.0 Å². The Bertz CT molecular complexity index is 1380. The lowest BCUT2D eigenvalue weighted by molar-refractivity contribution is -0.129. The van der Waals surface area contributed by atoms with Gasteiger partial charge in [0.05, 0.1) is 29.5 Å². The first-order valence-corrected chi connectivity index (χ1v) is 13.1. The van der Waals surface area contributed by atoms with Crippen LogP contribution in [-0.4, -0.2) is 30.1 Å². The van der Waals surface area contributed by atoms with Gasteiger partial charge in [0, 0.05) is 36.8 Å². The highest BCUT2D eigenvalue weighted by Gasteiger charge is 2.67. The van der Waals surface area contributed by atoms with Gasteiger partial charge in [0.15, 0.2) is 11.6 Å². The van der Waals surface area contributed by atoms with Crippen molar-refractivity contribution < 1.29 is 23.9 Å². The number of nitrogens with zero attached hydrogens (tertiary/aromatic N) is 1. The number of Topliss-reactive ketones (excluding diaryl/α,β-unsaturated/α-hetero) is 2. The number of ether oxygens (including phenoxy) is 2. The third kappa shape index (κ3) is 3.01. The molecule has 3 heterocycles. The van der Waals surface area contributed by atoms with E-state index in [-0.39, 0.29) is 28.3 Å². The normalized spacial score (nSPS) is 26.0. The monoisotopic (exact) mass is 501 g/mol. The Labute approximate surface area is 218 Å². The van der Waals surface area contributed by atoms with Gasteiger partial charge < -0.3 is 14.4 Å². The number of anilines is 1. The van der Waals surface area contributed by atoms with Gasteiger partial charge in [-0.05, 0) is 49.3 Å². The van der Waals surface area contributed by atoms with E-state index in [1.165, 1.54) is 0 Å². The van der Waals surface area contributed by atoms with Gasteiger partial charge in [0.1, 0.15) is 22.7 Å². The molecule has 194 valence electrons. The van der Waals surface area contributed by atoms with Crippen LogP contribution in [-0.2, 0) is 24.5 Å². The zero-order chi connectivity index (χ0) is 26.9. The molecule has 3 aliphatic heterocycles.